The first kappa shape index (κ1) is 15.9. The molecule has 108 valence electrons. The molecule has 0 saturated heterocycles. The summed E-state index contributed by atoms with van der Waals surface area (Å²) in [6, 6.07) is 6.51. The standard InChI is InChI=1S/C13H11F3N2.C2H6/c1-7-2-5-11(9(15)6-7)18-13-10(17)4-3-8(14)12(13)16;1-2/h2-6,18H,17H2,1H3;1-2H3. The molecule has 0 bridgehead atoms. The molecule has 0 aliphatic rings. The maximum absolute atomic E-state index is 13.6. The van der Waals surface area contributed by atoms with Crippen LogP contribution >= 0.6 is 0 Å². The van der Waals surface area contributed by atoms with Crippen molar-refractivity contribution in [3.8, 4) is 0 Å². The molecule has 20 heavy (non-hydrogen) atoms. The van der Waals surface area contributed by atoms with Crippen LogP contribution in [0.3, 0.4) is 0 Å². The van der Waals surface area contributed by atoms with Crippen LogP contribution in [-0.4, -0.2) is 0 Å². The zero-order valence-electron chi connectivity index (χ0n) is 11.6. The number of aryl methyl sites for hydroxylation is 1. The van der Waals surface area contributed by atoms with Gasteiger partial charge >= 0.3 is 0 Å². The molecule has 5 heteroatoms. The highest BCUT2D eigenvalue weighted by molar-refractivity contribution is 5.73. The predicted molar refractivity (Wildman–Crippen MR) is 76.5 cm³/mol. The number of nitrogen functional groups attached to an aromatic ring is 1. The molecule has 0 unspecified atom stereocenters. The van der Waals surface area contributed by atoms with Crippen LogP contribution < -0.4 is 11.1 Å². The molecule has 0 amide bonds. The van der Waals surface area contributed by atoms with Crippen molar-refractivity contribution in [2.75, 3.05) is 11.1 Å². The van der Waals surface area contributed by atoms with E-state index in [1.807, 2.05) is 13.8 Å². The van der Waals surface area contributed by atoms with Crippen LogP contribution in [0.25, 0.3) is 0 Å². The van der Waals surface area contributed by atoms with Crippen LogP contribution in [0.15, 0.2) is 30.3 Å². The predicted octanol–water partition coefficient (Wildman–Crippen LogP) is 4.76. The van der Waals surface area contributed by atoms with Crippen molar-refractivity contribution in [2.45, 2.75) is 20.8 Å². The number of anilines is 3. The SMILES string of the molecule is CC.Cc1ccc(Nc2c(N)ccc(F)c2F)c(F)c1. The van der Waals surface area contributed by atoms with Gasteiger partial charge in [0.2, 0.25) is 0 Å². The van der Waals surface area contributed by atoms with E-state index >= 15 is 0 Å². The van der Waals surface area contributed by atoms with Gasteiger partial charge in [-0.15, -0.1) is 0 Å². The zero-order chi connectivity index (χ0) is 15.3. The van der Waals surface area contributed by atoms with E-state index in [0.717, 1.165) is 11.6 Å². The number of benzene rings is 2. The van der Waals surface area contributed by atoms with Crippen LogP contribution in [0.1, 0.15) is 19.4 Å². The van der Waals surface area contributed by atoms with Crippen molar-refractivity contribution in [3.05, 3.63) is 53.3 Å². The fourth-order valence-electron chi connectivity index (χ4n) is 1.55. The molecule has 0 saturated carbocycles. The van der Waals surface area contributed by atoms with E-state index in [0.29, 0.717) is 0 Å². The van der Waals surface area contributed by atoms with Gasteiger partial charge < -0.3 is 11.1 Å². The molecular formula is C15H17F3N2. The van der Waals surface area contributed by atoms with Crippen LogP contribution in [0.4, 0.5) is 30.2 Å². The molecule has 0 spiro atoms. The maximum Gasteiger partial charge on any atom is 0.184 e. The van der Waals surface area contributed by atoms with Gasteiger partial charge in [-0.3, -0.25) is 0 Å². The lowest BCUT2D eigenvalue weighted by Crippen LogP contribution is -2.03. The Morgan fingerprint density at radius 2 is 1.60 bits per heavy atom. The van der Waals surface area contributed by atoms with E-state index < -0.39 is 17.5 Å². The Morgan fingerprint density at radius 3 is 2.20 bits per heavy atom. The third kappa shape index (κ3) is 3.44. The zero-order valence-corrected chi connectivity index (χ0v) is 11.6. The van der Waals surface area contributed by atoms with Crippen molar-refractivity contribution in [1.29, 1.82) is 0 Å². The highest BCUT2D eigenvalue weighted by Crippen LogP contribution is 2.29. The summed E-state index contributed by atoms with van der Waals surface area (Å²) in [4.78, 5) is 0. The van der Waals surface area contributed by atoms with Crippen molar-refractivity contribution in [2.24, 2.45) is 0 Å². The summed E-state index contributed by atoms with van der Waals surface area (Å²) in [6.45, 7) is 5.73. The van der Waals surface area contributed by atoms with Gasteiger partial charge in [-0.25, -0.2) is 13.2 Å². The van der Waals surface area contributed by atoms with Crippen LogP contribution in [0.5, 0.6) is 0 Å². The van der Waals surface area contributed by atoms with Gasteiger partial charge in [-0.2, -0.15) is 0 Å². The summed E-state index contributed by atoms with van der Waals surface area (Å²) in [5, 5.41) is 2.46. The summed E-state index contributed by atoms with van der Waals surface area (Å²) < 4.78 is 40.2. The Kier molecular flexibility index (Phi) is 5.43. The molecule has 3 N–H and O–H groups in total. The lowest BCUT2D eigenvalue weighted by Gasteiger charge is -2.11. The average Bonchev–Trinajstić information content (AvgIpc) is 2.43. The number of nitrogens with one attached hydrogen (secondary N) is 1. The highest BCUT2D eigenvalue weighted by atomic mass is 19.2. The molecule has 2 nitrogen and oxygen atoms in total. The monoisotopic (exact) mass is 282 g/mol. The second kappa shape index (κ2) is 6.84. The third-order valence-corrected chi connectivity index (χ3v) is 2.51. The van der Waals surface area contributed by atoms with Gasteiger partial charge in [0.1, 0.15) is 11.5 Å². The summed E-state index contributed by atoms with van der Waals surface area (Å²) in [6.07, 6.45) is 0. The van der Waals surface area contributed by atoms with Crippen LogP contribution in [-0.2, 0) is 0 Å². The Labute approximate surface area is 116 Å². The van der Waals surface area contributed by atoms with Gasteiger partial charge in [0.15, 0.2) is 11.6 Å². The number of hydrogen-bond acceptors (Lipinski definition) is 2. The Bertz CT molecular complexity index is 598. The Balaban J connectivity index is 0.000000956. The van der Waals surface area contributed by atoms with Crippen LogP contribution in [0, 0.1) is 24.4 Å². The fraction of sp³-hybridized carbons (Fsp3) is 0.200. The molecule has 0 aromatic heterocycles. The lowest BCUT2D eigenvalue weighted by atomic mass is 10.2. The maximum atomic E-state index is 13.6. The first-order valence-electron chi connectivity index (χ1n) is 6.25. The summed E-state index contributed by atoms with van der Waals surface area (Å²) in [5.74, 6) is -2.73. The molecule has 2 rings (SSSR count). The number of hydrogen-bond donors (Lipinski definition) is 2. The minimum absolute atomic E-state index is 0.00822. The second-order valence-corrected chi connectivity index (χ2v) is 3.93. The van der Waals surface area contributed by atoms with Crippen LogP contribution in [0.2, 0.25) is 0 Å². The molecule has 0 heterocycles. The number of rotatable bonds is 2. The van der Waals surface area contributed by atoms with E-state index in [9.17, 15) is 13.2 Å². The minimum atomic E-state index is -1.13. The largest absolute Gasteiger partial charge is 0.397 e. The van der Waals surface area contributed by atoms with Crippen molar-refractivity contribution in [3.63, 3.8) is 0 Å². The normalized spacial score (nSPS) is 9.70. The number of halogens is 3. The third-order valence-electron chi connectivity index (χ3n) is 2.51. The van der Waals surface area contributed by atoms with E-state index in [2.05, 4.69) is 5.32 Å². The topological polar surface area (TPSA) is 38.0 Å². The lowest BCUT2D eigenvalue weighted by molar-refractivity contribution is 0.512. The average molecular weight is 282 g/mol. The molecule has 2 aromatic carbocycles. The highest BCUT2D eigenvalue weighted by Gasteiger charge is 2.13. The first-order chi connectivity index (χ1) is 9.49. The summed E-state index contributed by atoms with van der Waals surface area (Å²) >= 11 is 0. The molecular weight excluding hydrogens is 265 g/mol. The molecule has 0 aliphatic carbocycles. The van der Waals surface area contributed by atoms with E-state index in [-0.39, 0.29) is 17.1 Å². The smallest absolute Gasteiger partial charge is 0.184 e. The molecule has 0 atom stereocenters. The van der Waals surface area contributed by atoms with E-state index in [1.165, 1.54) is 18.2 Å². The van der Waals surface area contributed by atoms with E-state index in [4.69, 9.17) is 5.73 Å². The Hall–Kier alpha value is -2.17. The van der Waals surface area contributed by atoms with Gasteiger partial charge in [0.25, 0.3) is 0 Å². The quantitative estimate of drug-likeness (QED) is 0.779. The van der Waals surface area contributed by atoms with Gasteiger partial charge in [-0.1, -0.05) is 19.9 Å². The van der Waals surface area contributed by atoms with Crippen molar-refractivity contribution < 1.29 is 13.2 Å². The fourth-order valence-corrected chi connectivity index (χ4v) is 1.55. The van der Waals surface area contributed by atoms with Crippen molar-refractivity contribution in [1.82, 2.24) is 0 Å². The molecule has 0 aliphatic heterocycles. The van der Waals surface area contributed by atoms with Gasteiger partial charge in [-0.05, 0) is 36.8 Å². The molecule has 2 aromatic rings. The molecule has 0 fully saturated rings. The number of nitrogens with two attached hydrogens (primary N) is 1. The second-order valence-electron chi connectivity index (χ2n) is 3.93. The van der Waals surface area contributed by atoms with Gasteiger partial charge in [0, 0.05) is 0 Å². The van der Waals surface area contributed by atoms with E-state index in [1.54, 1.807) is 13.0 Å². The first-order valence-corrected chi connectivity index (χ1v) is 6.25. The van der Waals surface area contributed by atoms with Crippen molar-refractivity contribution >= 4 is 17.1 Å². The summed E-state index contributed by atoms with van der Waals surface area (Å²) in [7, 11) is 0. The Morgan fingerprint density at radius 1 is 0.950 bits per heavy atom. The summed E-state index contributed by atoms with van der Waals surface area (Å²) in [5.41, 5.74) is 6.03. The van der Waals surface area contributed by atoms with Gasteiger partial charge in [0.05, 0.1) is 11.4 Å². The molecule has 0 radical (unpaired) electrons. The minimum Gasteiger partial charge on any atom is -0.397 e.